The van der Waals surface area contributed by atoms with Crippen molar-refractivity contribution in [2.24, 2.45) is 0 Å². The summed E-state index contributed by atoms with van der Waals surface area (Å²) >= 11 is 1.52. The Kier molecular flexibility index (Phi) is 12.7. The number of aliphatic hydroxyl groups is 1. The van der Waals surface area contributed by atoms with E-state index in [1.54, 1.807) is 0 Å². The number of amides is 1. The third kappa shape index (κ3) is 10.2. The average molecular weight is 707 g/mol. The van der Waals surface area contributed by atoms with E-state index in [9.17, 15) is 14.7 Å². The van der Waals surface area contributed by atoms with Crippen LogP contribution in [0.3, 0.4) is 0 Å². The Morgan fingerprint density at radius 2 is 1.41 bits per heavy atom. The molecule has 4 aromatic carbocycles. The Hall–Kier alpha value is -4.74. The number of aliphatic hydroxyl groups excluding tert-OH is 1. The number of unbranched alkanes of at least 4 members (excludes halogenated alkanes) is 2. The van der Waals surface area contributed by atoms with Gasteiger partial charge in [0.2, 0.25) is 5.91 Å². The zero-order valence-electron chi connectivity index (χ0n) is 28.3. The highest BCUT2D eigenvalue weighted by Gasteiger charge is 2.33. The molecule has 1 aromatic heterocycles. The molecule has 264 valence electrons. The monoisotopic (exact) mass is 706 g/mol. The van der Waals surface area contributed by atoms with E-state index in [2.05, 4.69) is 5.32 Å². The van der Waals surface area contributed by atoms with Crippen LogP contribution in [0.5, 0.6) is 0 Å². The Bertz CT molecular complexity index is 1790. The van der Waals surface area contributed by atoms with E-state index in [1.165, 1.54) is 11.8 Å². The van der Waals surface area contributed by atoms with Gasteiger partial charge >= 0.3 is 5.97 Å². The molecule has 1 saturated heterocycles. The Morgan fingerprint density at radius 1 is 0.765 bits per heavy atom. The van der Waals surface area contributed by atoms with Gasteiger partial charge in [-0.1, -0.05) is 127 Å². The number of carboxylic acids is 1. The van der Waals surface area contributed by atoms with E-state index in [4.69, 9.17) is 24.0 Å². The smallest absolute Gasteiger partial charge is 0.303 e. The number of hydrogen-bond acceptors (Lipinski definition) is 8. The van der Waals surface area contributed by atoms with Crippen LogP contribution in [0.2, 0.25) is 0 Å². The van der Waals surface area contributed by atoms with Crippen LogP contribution in [0.15, 0.2) is 119 Å². The summed E-state index contributed by atoms with van der Waals surface area (Å²) < 4.78 is 19.5. The van der Waals surface area contributed by atoms with Crippen LogP contribution in [0.25, 0.3) is 22.6 Å². The van der Waals surface area contributed by atoms with E-state index < -0.39 is 12.3 Å². The molecule has 2 heterocycles. The zero-order valence-corrected chi connectivity index (χ0v) is 29.1. The first-order chi connectivity index (χ1) is 24.9. The van der Waals surface area contributed by atoms with Crippen LogP contribution in [-0.2, 0) is 32.2 Å². The van der Waals surface area contributed by atoms with Crippen molar-refractivity contribution in [3.63, 3.8) is 0 Å². The van der Waals surface area contributed by atoms with Crippen LogP contribution in [0, 0.1) is 0 Å². The lowest BCUT2D eigenvalue weighted by molar-refractivity contribution is -0.245. The van der Waals surface area contributed by atoms with Gasteiger partial charge < -0.3 is 29.4 Å². The standard InChI is InChI=1S/C41H42N2O7S/c44-26-29-18-20-30(21-19-29)35-24-34(27-51-41-43-38(31-10-4-1-5-11-31)39(50-41)32-12-6-2-7-13-32)48-40(49-35)33-22-16-28(17-23-33)25-42-36(45)14-8-3-9-15-37(46)47/h1-2,4-7,10-13,16-23,34-35,40,44H,3,8-9,14-15,24-27H2,(H,42,45)(H,46,47)/t34-,35+,40+/m1/s1. The molecule has 6 rings (SSSR count). The van der Waals surface area contributed by atoms with Crippen molar-refractivity contribution in [1.29, 1.82) is 0 Å². The summed E-state index contributed by atoms with van der Waals surface area (Å²) in [6.07, 6.45) is 2.04. The van der Waals surface area contributed by atoms with Crippen LogP contribution in [0.4, 0.5) is 0 Å². The van der Waals surface area contributed by atoms with Gasteiger partial charge in [-0.05, 0) is 29.5 Å². The molecule has 1 aliphatic rings. The maximum absolute atomic E-state index is 12.3. The number of ether oxygens (including phenoxy) is 2. The number of rotatable bonds is 16. The van der Waals surface area contributed by atoms with Gasteiger partial charge in [0, 0.05) is 48.3 Å². The number of benzene rings is 4. The highest BCUT2D eigenvalue weighted by molar-refractivity contribution is 7.99. The third-order valence-corrected chi connectivity index (χ3v) is 9.69. The third-order valence-electron chi connectivity index (χ3n) is 8.73. The number of oxazole rings is 1. The molecule has 0 spiro atoms. The van der Waals surface area contributed by atoms with E-state index in [-0.39, 0.29) is 31.1 Å². The molecule has 0 aliphatic carbocycles. The fraction of sp³-hybridized carbons (Fsp3) is 0.293. The topological polar surface area (TPSA) is 131 Å². The summed E-state index contributed by atoms with van der Waals surface area (Å²) in [7, 11) is 0. The van der Waals surface area contributed by atoms with Gasteiger partial charge in [-0.2, -0.15) is 0 Å². The number of nitrogens with one attached hydrogen (secondary N) is 1. The van der Waals surface area contributed by atoms with Crippen molar-refractivity contribution < 1.29 is 33.7 Å². The maximum atomic E-state index is 12.3. The number of aliphatic carboxylic acids is 1. The van der Waals surface area contributed by atoms with Crippen molar-refractivity contribution >= 4 is 23.6 Å². The number of aromatic nitrogens is 1. The van der Waals surface area contributed by atoms with E-state index in [1.807, 2.05) is 109 Å². The summed E-state index contributed by atoms with van der Waals surface area (Å²) in [5, 5.41) is 21.8. The highest BCUT2D eigenvalue weighted by Crippen LogP contribution is 2.41. The minimum absolute atomic E-state index is 0.0253. The summed E-state index contributed by atoms with van der Waals surface area (Å²) in [6, 6.07) is 35.7. The molecular weight excluding hydrogens is 665 g/mol. The van der Waals surface area contributed by atoms with Crippen molar-refractivity contribution in [1.82, 2.24) is 10.3 Å². The van der Waals surface area contributed by atoms with Crippen molar-refractivity contribution in [3.8, 4) is 22.6 Å². The van der Waals surface area contributed by atoms with Crippen LogP contribution in [0.1, 0.15) is 73.2 Å². The predicted octanol–water partition coefficient (Wildman–Crippen LogP) is 8.49. The number of carbonyl (C=O) groups excluding carboxylic acids is 1. The minimum Gasteiger partial charge on any atom is -0.481 e. The molecule has 0 bridgehead atoms. The maximum Gasteiger partial charge on any atom is 0.303 e. The van der Waals surface area contributed by atoms with Gasteiger partial charge in [0.1, 0.15) is 5.69 Å². The van der Waals surface area contributed by atoms with Gasteiger partial charge in [-0.25, -0.2) is 4.98 Å². The zero-order chi connectivity index (χ0) is 35.4. The summed E-state index contributed by atoms with van der Waals surface area (Å²) in [6.45, 7) is 0.369. The normalized spacial score (nSPS) is 17.2. The lowest BCUT2D eigenvalue weighted by atomic mass is 10.0. The first-order valence-electron chi connectivity index (χ1n) is 17.3. The molecule has 10 heteroatoms. The Morgan fingerprint density at radius 3 is 2.10 bits per heavy atom. The SMILES string of the molecule is O=C(O)CCCCCC(=O)NCc1ccc([C@H]2O[C@@H](CSc3nc(-c4ccccc4)c(-c4ccccc4)o3)C[C@@H](c3ccc(CO)cc3)O2)cc1. The second-order valence-electron chi connectivity index (χ2n) is 12.5. The largest absolute Gasteiger partial charge is 0.481 e. The van der Waals surface area contributed by atoms with Crippen LogP contribution in [-0.4, -0.2) is 38.9 Å². The summed E-state index contributed by atoms with van der Waals surface area (Å²) in [5.74, 6) is 0.453. The number of carboxylic acid groups (broad SMARTS) is 1. The Balaban J connectivity index is 1.13. The molecule has 51 heavy (non-hydrogen) atoms. The lowest BCUT2D eigenvalue weighted by Crippen LogP contribution is -2.31. The molecule has 5 aromatic rings. The average Bonchev–Trinajstić information content (AvgIpc) is 3.61. The fourth-order valence-corrected chi connectivity index (χ4v) is 6.79. The molecule has 3 atom stereocenters. The van der Waals surface area contributed by atoms with E-state index in [0.29, 0.717) is 49.6 Å². The van der Waals surface area contributed by atoms with Gasteiger partial charge in [-0.15, -0.1) is 0 Å². The second kappa shape index (κ2) is 18.0. The number of thioether (sulfide) groups is 1. The van der Waals surface area contributed by atoms with Gasteiger partial charge in [0.05, 0.1) is 18.8 Å². The minimum atomic E-state index is -0.810. The molecule has 9 nitrogen and oxygen atoms in total. The molecule has 3 N–H and O–H groups in total. The Labute approximate surface area is 302 Å². The molecule has 1 amide bonds. The predicted molar refractivity (Wildman–Crippen MR) is 196 cm³/mol. The first kappa shape index (κ1) is 36.1. The van der Waals surface area contributed by atoms with Crippen molar-refractivity contribution in [3.05, 3.63) is 131 Å². The number of hydrogen-bond donors (Lipinski definition) is 3. The first-order valence-corrected chi connectivity index (χ1v) is 18.3. The van der Waals surface area contributed by atoms with Gasteiger partial charge in [-0.3, -0.25) is 9.59 Å². The lowest BCUT2D eigenvalue weighted by Gasteiger charge is -2.36. The molecule has 0 unspecified atom stereocenters. The molecular formula is C41H42N2O7S. The fourth-order valence-electron chi connectivity index (χ4n) is 5.95. The highest BCUT2D eigenvalue weighted by atomic mass is 32.2. The van der Waals surface area contributed by atoms with Crippen molar-refractivity contribution in [2.75, 3.05) is 5.75 Å². The van der Waals surface area contributed by atoms with E-state index >= 15 is 0 Å². The number of carbonyl (C=O) groups is 2. The summed E-state index contributed by atoms with van der Waals surface area (Å²) in [5.41, 5.74) is 6.39. The van der Waals surface area contributed by atoms with Crippen LogP contribution >= 0.6 is 11.8 Å². The van der Waals surface area contributed by atoms with Gasteiger partial charge in [0.25, 0.3) is 5.22 Å². The molecule has 1 fully saturated rings. The van der Waals surface area contributed by atoms with Gasteiger partial charge in [0.15, 0.2) is 12.1 Å². The van der Waals surface area contributed by atoms with Crippen molar-refractivity contribution in [2.45, 2.75) is 75.4 Å². The van der Waals surface area contributed by atoms with Crippen LogP contribution < -0.4 is 5.32 Å². The summed E-state index contributed by atoms with van der Waals surface area (Å²) in [4.78, 5) is 27.9. The molecule has 0 radical (unpaired) electrons. The van der Waals surface area contributed by atoms with E-state index in [0.717, 1.165) is 44.8 Å². The molecule has 1 aliphatic heterocycles. The number of nitrogens with zero attached hydrogens (tertiary/aromatic N) is 1. The second-order valence-corrected chi connectivity index (χ2v) is 13.5. The quantitative estimate of drug-likeness (QED) is 0.0683. The molecule has 0 saturated carbocycles.